The van der Waals surface area contributed by atoms with Crippen LogP contribution in [0.3, 0.4) is 0 Å². The molecule has 0 radical (unpaired) electrons. The molecule has 0 aliphatic rings. The van der Waals surface area contributed by atoms with Crippen molar-refractivity contribution in [2.24, 2.45) is 0 Å². The quantitative estimate of drug-likeness (QED) is 0.797. The summed E-state index contributed by atoms with van der Waals surface area (Å²) >= 11 is 0. The van der Waals surface area contributed by atoms with Crippen LogP contribution >= 0.6 is 0 Å². The fourth-order valence-electron chi connectivity index (χ4n) is 2.11. The van der Waals surface area contributed by atoms with Gasteiger partial charge in [-0.1, -0.05) is 0 Å². The van der Waals surface area contributed by atoms with Crippen molar-refractivity contribution in [1.29, 1.82) is 0 Å². The van der Waals surface area contributed by atoms with Gasteiger partial charge in [-0.05, 0) is 42.5 Å². The summed E-state index contributed by atoms with van der Waals surface area (Å²) < 4.78 is 14.1. The third-order valence-corrected chi connectivity index (χ3v) is 3.26. The molecule has 0 fully saturated rings. The van der Waals surface area contributed by atoms with Crippen LogP contribution in [0.4, 0.5) is 10.1 Å². The van der Waals surface area contributed by atoms with Gasteiger partial charge in [-0.2, -0.15) is 5.10 Å². The molecule has 0 unspecified atom stereocenters. The molecule has 1 N–H and O–H groups in total. The molecule has 1 amide bonds. The summed E-state index contributed by atoms with van der Waals surface area (Å²) in [6.45, 7) is -0.226. The number of benzene rings is 1. The van der Waals surface area contributed by atoms with E-state index in [0.717, 1.165) is 4.68 Å². The van der Waals surface area contributed by atoms with Gasteiger partial charge in [0, 0.05) is 29.7 Å². The number of pyridine rings is 1. The molecule has 0 atom stereocenters. The summed E-state index contributed by atoms with van der Waals surface area (Å²) in [5.41, 5.74) is 1.31. The van der Waals surface area contributed by atoms with Crippen LogP contribution in [0.15, 0.2) is 65.7 Å². The first-order chi connectivity index (χ1) is 11.6. The fraction of sp³-hybridized carbons (Fsp3) is 0.0588. The van der Waals surface area contributed by atoms with Gasteiger partial charge < -0.3 is 5.32 Å². The Hall–Kier alpha value is -3.35. The van der Waals surface area contributed by atoms with E-state index in [4.69, 9.17) is 0 Å². The highest BCUT2D eigenvalue weighted by atomic mass is 19.1. The Kier molecular flexibility index (Phi) is 4.42. The van der Waals surface area contributed by atoms with Crippen molar-refractivity contribution in [2.45, 2.75) is 6.54 Å². The highest BCUT2D eigenvalue weighted by Gasteiger charge is 2.08. The van der Waals surface area contributed by atoms with Crippen LogP contribution in [0.25, 0.3) is 11.3 Å². The van der Waals surface area contributed by atoms with Crippen molar-refractivity contribution in [2.75, 3.05) is 5.32 Å². The largest absolute Gasteiger partial charge is 0.324 e. The Bertz CT molecular complexity index is 908. The molecular formula is C17H13FN4O2. The first-order valence-electron chi connectivity index (χ1n) is 7.16. The number of amides is 1. The van der Waals surface area contributed by atoms with Gasteiger partial charge in [0.1, 0.15) is 12.4 Å². The van der Waals surface area contributed by atoms with Crippen LogP contribution in [0.2, 0.25) is 0 Å². The summed E-state index contributed by atoms with van der Waals surface area (Å²) in [6, 6.07) is 11.9. The molecule has 3 aromatic rings. The Labute approximate surface area is 136 Å². The number of aromatic nitrogens is 3. The standard InChI is InChI=1S/C17H13FN4O2/c18-13-3-1-12(2-4-13)15-5-6-17(24)22(21-15)11-16(23)20-14-7-9-19-10-8-14/h1-10H,11H2,(H,19,20,23). The average molecular weight is 324 g/mol. The van der Waals surface area contributed by atoms with Crippen molar-refractivity contribution in [3.8, 4) is 11.3 Å². The number of carbonyl (C=O) groups excluding carboxylic acids is 1. The smallest absolute Gasteiger partial charge is 0.267 e. The Balaban J connectivity index is 1.80. The summed E-state index contributed by atoms with van der Waals surface area (Å²) in [5.74, 6) is -0.740. The van der Waals surface area contributed by atoms with E-state index in [1.807, 2.05) is 0 Å². The van der Waals surface area contributed by atoms with Crippen molar-refractivity contribution >= 4 is 11.6 Å². The molecule has 24 heavy (non-hydrogen) atoms. The number of nitrogens with zero attached hydrogens (tertiary/aromatic N) is 3. The molecule has 120 valence electrons. The summed E-state index contributed by atoms with van der Waals surface area (Å²) in [4.78, 5) is 27.8. The molecule has 2 heterocycles. The fourth-order valence-corrected chi connectivity index (χ4v) is 2.11. The van der Waals surface area contributed by atoms with E-state index in [2.05, 4.69) is 15.4 Å². The lowest BCUT2D eigenvalue weighted by Crippen LogP contribution is -2.29. The van der Waals surface area contributed by atoms with Crippen molar-refractivity contribution in [3.05, 3.63) is 77.1 Å². The Morgan fingerprint density at radius 2 is 1.75 bits per heavy atom. The molecule has 0 aliphatic carbocycles. The third-order valence-electron chi connectivity index (χ3n) is 3.26. The molecule has 6 nitrogen and oxygen atoms in total. The van der Waals surface area contributed by atoms with E-state index in [-0.39, 0.29) is 18.3 Å². The van der Waals surface area contributed by atoms with Crippen molar-refractivity contribution in [1.82, 2.24) is 14.8 Å². The molecule has 0 bridgehead atoms. The van der Waals surface area contributed by atoms with Gasteiger partial charge in [0.2, 0.25) is 5.91 Å². The van der Waals surface area contributed by atoms with Crippen LogP contribution in [0, 0.1) is 5.82 Å². The summed E-state index contributed by atoms with van der Waals surface area (Å²) in [7, 11) is 0. The minimum absolute atomic E-state index is 0.226. The number of rotatable bonds is 4. The number of carbonyl (C=O) groups is 1. The molecule has 0 saturated carbocycles. The zero-order valence-corrected chi connectivity index (χ0v) is 12.5. The van der Waals surface area contributed by atoms with Crippen molar-refractivity contribution < 1.29 is 9.18 Å². The van der Waals surface area contributed by atoms with Crippen LogP contribution < -0.4 is 10.9 Å². The van der Waals surface area contributed by atoms with E-state index >= 15 is 0 Å². The number of nitrogens with one attached hydrogen (secondary N) is 1. The third kappa shape index (κ3) is 3.70. The number of anilines is 1. The van der Waals surface area contributed by atoms with E-state index in [1.165, 1.54) is 24.3 Å². The maximum atomic E-state index is 13.0. The molecule has 0 saturated heterocycles. The van der Waals surface area contributed by atoms with Crippen LogP contribution in [0.1, 0.15) is 0 Å². The molecule has 0 aliphatic heterocycles. The second-order valence-corrected chi connectivity index (χ2v) is 5.01. The summed E-state index contributed by atoms with van der Waals surface area (Å²) in [5, 5.41) is 6.82. The summed E-state index contributed by atoms with van der Waals surface area (Å²) in [6.07, 6.45) is 3.10. The van der Waals surface area contributed by atoms with Gasteiger partial charge >= 0.3 is 0 Å². The molecule has 3 rings (SSSR count). The Morgan fingerprint density at radius 1 is 1.04 bits per heavy atom. The van der Waals surface area contributed by atoms with Gasteiger partial charge in [0.15, 0.2) is 0 Å². The van der Waals surface area contributed by atoms with E-state index in [1.54, 1.807) is 36.7 Å². The highest BCUT2D eigenvalue weighted by Crippen LogP contribution is 2.15. The lowest BCUT2D eigenvalue weighted by Gasteiger charge is -2.08. The minimum Gasteiger partial charge on any atom is -0.324 e. The lowest BCUT2D eigenvalue weighted by atomic mass is 10.1. The Morgan fingerprint density at radius 3 is 2.46 bits per heavy atom. The number of hydrogen-bond acceptors (Lipinski definition) is 4. The van der Waals surface area contributed by atoms with Crippen LogP contribution in [-0.4, -0.2) is 20.7 Å². The zero-order chi connectivity index (χ0) is 16.9. The topological polar surface area (TPSA) is 76.9 Å². The maximum absolute atomic E-state index is 13.0. The zero-order valence-electron chi connectivity index (χ0n) is 12.5. The SMILES string of the molecule is O=C(Cn1nc(-c2ccc(F)cc2)ccc1=O)Nc1ccncc1. The maximum Gasteiger partial charge on any atom is 0.267 e. The predicted molar refractivity (Wildman–Crippen MR) is 86.8 cm³/mol. The monoisotopic (exact) mass is 324 g/mol. The average Bonchev–Trinajstić information content (AvgIpc) is 2.58. The van der Waals surface area contributed by atoms with E-state index in [0.29, 0.717) is 16.9 Å². The second-order valence-electron chi connectivity index (χ2n) is 5.01. The van der Waals surface area contributed by atoms with E-state index < -0.39 is 5.56 Å². The van der Waals surface area contributed by atoms with Gasteiger partial charge in [0.05, 0.1) is 5.69 Å². The van der Waals surface area contributed by atoms with Crippen LogP contribution in [-0.2, 0) is 11.3 Å². The molecule has 1 aromatic carbocycles. The lowest BCUT2D eigenvalue weighted by molar-refractivity contribution is -0.117. The first-order valence-corrected chi connectivity index (χ1v) is 7.16. The highest BCUT2D eigenvalue weighted by molar-refractivity contribution is 5.90. The molecular weight excluding hydrogens is 311 g/mol. The minimum atomic E-state index is -0.397. The van der Waals surface area contributed by atoms with Gasteiger partial charge in [-0.15, -0.1) is 0 Å². The first kappa shape index (κ1) is 15.5. The van der Waals surface area contributed by atoms with Gasteiger partial charge in [-0.25, -0.2) is 9.07 Å². The number of hydrogen-bond donors (Lipinski definition) is 1. The van der Waals surface area contributed by atoms with Gasteiger partial charge in [0.25, 0.3) is 5.56 Å². The van der Waals surface area contributed by atoms with Crippen LogP contribution in [0.5, 0.6) is 0 Å². The van der Waals surface area contributed by atoms with E-state index in [9.17, 15) is 14.0 Å². The second kappa shape index (κ2) is 6.82. The predicted octanol–water partition coefficient (Wildman–Crippen LogP) is 2.08. The van der Waals surface area contributed by atoms with Gasteiger partial charge in [-0.3, -0.25) is 14.6 Å². The normalized spacial score (nSPS) is 10.4. The van der Waals surface area contributed by atoms with Crippen molar-refractivity contribution in [3.63, 3.8) is 0 Å². The molecule has 7 heteroatoms. The number of halogens is 1. The molecule has 0 spiro atoms. The molecule has 2 aromatic heterocycles.